The number of aromatic nitrogens is 1. The van der Waals surface area contributed by atoms with E-state index in [1.165, 1.54) is 12.3 Å². The maximum absolute atomic E-state index is 11.7. The molecule has 138 valence electrons. The summed E-state index contributed by atoms with van der Waals surface area (Å²) in [6.07, 6.45) is 3.73. The first-order valence-corrected chi connectivity index (χ1v) is 8.67. The fraction of sp³-hybridized carbons (Fsp3) is 0.333. The number of esters is 1. The van der Waals surface area contributed by atoms with Crippen molar-refractivity contribution in [2.75, 3.05) is 18.5 Å². The zero-order valence-electron chi connectivity index (χ0n) is 14.2. The Labute approximate surface area is 156 Å². The van der Waals surface area contributed by atoms with Crippen molar-refractivity contribution in [1.82, 2.24) is 4.98 Å². The van der Waals surface area contributed by atoms with Crippen LogP contribution in [-0.4, -0.2) is 29.0 Å². The number of nitro groups is 1. The second-order valence-electron chi connectivity index (χ2n) is 5.64. The highest BCUT2D eigenvalue weighted by Gasteiger charge is 2.05. The molecule has 1 N–H and O–H groups in total. The number of carbonyl (C=O) groups excluding carboxylic acids is 1. The number of carbonyl (C=O) groups is 1. The molecule has 8 heteroatoms. The molecule has 2 rings (SSSR count). The Morgan fingerprint density at radius 2 is 1.96 bits per heavy atom. The minimum Gasteiger partial charge on any atom is -0.466 e. The van der Waals surface area contributed by atoms with E-state index < -0.39 is 4.92 Å². The summed E-state index contributed by atoms with van der Waals surface area (Å²) in [6, 6.07) is 10.5. The van der Waals surface area contributed by atoms with Gasteiger partial charge < -0.3 is 10.1 Å². The number of anilines is 1. The molecule has 0 amide bonds. The van der Waals surface area contributed by atoms with Gasteiger partial charge >= 0.3 is 5.97 Å². The van der Waals surface area contributed by atoms with E-state index in [2.05, 4.69) is 10.3 Å². The van der Waals surface area contributed by atoms with Gasteiger partial charge in [-0.05, 0) is 43.0 Å². The van der Waals surface area contributed by atoms with Gasteiger partial charge in [-0.25, -0.2) is 4.98 Å². The zero-order valence-corrected chi connectivity index (χ0v) is 14.9. The van der Waals surface area contributed by atoms with Gasteiger partial charge in [-0.3, -0.25) is 14.9 Å². The summed E-state index contributed by atoms with van der Waals surface area (Å²) >= 11 is 5.83. The number of aryl methyl sites for hydroxylation is 1. The van der Waals surface area contributed by atoms with Crippen LogP contribution < -0.4 is 5.32 Å². The predicted octanol–water partition coefficient (Wildman–Crippen LogP) is 4.01. The molecule has 0 saturated carbocycles. The zero-order chi connectivity index (χ0) is 18.8. The van der Waals surface area contributed by atoms with Crippen molar-refractivity contribution in [3.63, 3.8) is 0 Å². The topological polar surface area (TPSA) is 94.4 Å². The van der Waals surface area contributed by atoms with Crippen molar-refractivity contribution >= 4 is 29.1 Å². The lowest BCUT2D eigenvalue weighted by Crippen LogP contribution is -2.10. The Hall–Kier alpha value is -2.67. The molecule has 2 aromatic rings. The molecular weight excluding hydrogens is 358 g/mol. The van der Waals surface area contributed by atoms with Gasteiger partial charge in [-0.1, -0.05) is 23.7 Å². The fourth-order valence-electron chi connectivity index (χ4n) is 2.23. The van der Waals surface area contributed by atoms with E-state index in [4.69, 9.17) is 16.3 Å². The number of nitrogens with zero attached hydrogens (tertiary/aromatic N) is 2. The van der Waals surface area contributed by atoms with Crippen molar-refractivity contribution < 1.29 is 14.5 Å². The third-order valence-corrected chi connectivity index (χ3v) is 3.86. The standard InChI is InChI=1S/C18H20ClN3O4/c19-15-7-5-14(6-8-15)3-1-4-18(23)26-12-2-11-20-17-10-9-16(13-21-17)22(24)25/h5-10,13H,1-4,11-12H2,(H,20,21). The number of ether oxygens (including phenoxy) is 1. The second kappa shape index (κ2) is 10.4. The Morgan fingerprint density at radius 3 is 2.62 bits per heavy atom. The van der Waals surface area contributed by atoms with Crippen LogP contribution >= 0.6 is 11.6 Å². The van der Waals surface area contributed by atoms with Crippen LogP contribution in [0.4, 0.5) is 11.5 Å². The second-order valence-corrected chi connectivity index (χ2v) is 6.08. The fourth-order valence-corrected chi connectivity index (χ4v) is 2.36. The number of nitrogens with one attached hydrogen (secondary N) is 1. The van der Waals surface area contributed by atoms with Gasteiger partial charge in [0.25, 0.3) is 5.69 Å². The highest BCUT2D eigenvalue weighted by atomic mass is 35.5. The Bertz CT molecular complexity index is 720. The first kappa shape index (κ1) is 19.7. The van der Waals surface area contributed by atoms with Crippen LogP contribution in [0.3, 0.4) is 0 Å². The molecular formula is C18H20ClN3O4. The van der Waals surface area contributed by atoms with E-state index in [0.29, 0.717) is 36.8 Å². The smallest absolute Gasteiger partial charge is 0.305 e. The molecule has 1 aromatic heterocycles. The van der Waals surface area contributed by atoms with Gasteiger partial charge in [-0.15, -0.1) is 0 Å². The van der Waals surface area contributed by atoms with E-state index in [0.717, 1.165) is 18.4 Å². The summed E-state index contributed by atoms with van der Waals surface area (Å²) in [6.45, 7) is 0.878. The molecule has 7 nitrogen and oxygen atoms in total. The van der Waals surface area contributed by atoms with Gasteiger partial charge in [-0.2, -0.15) is 0 Å². The number of rotatable bonds is 10. The summed E-state index contributed by atoms with van der Waals surface area (Å²) in [5.41, 5.74) is 1.09. The lowest BCUT2D eigenvalue weighted by molar-refractivity contribution is -0.385. The minimum atomic E-state index is -0.497. The Kier molecular flexibility index (Phi) is 7.82. The van der Waals surface area contributed by atoms with Gasteiger partial charge in [0.2, 0.25) is 0 Å². The van der Waals surface area contributed by atoms with Gasteiger partial charge in [0.1, 0.15) is 12.0 Å². The summed E-state index contributed by atoms with van der Waals surface area (Å²) in [4.78, 5) is 25.7. The van der Waals surface area contributed by atoms with Gasteiger partial charge in [0, 0.05) is 24.1 Å². The number of hydrogen-bond acceptors (Lipinski definition) is 6. The number of pyridine rings is 1. The average molecular weight is 378 g/mol. The van der Waals surface area contributed by atoms with Crippen LogP contribution in [0, 0.1) is 10.1 Å². The molecule has 1 heterocycles. The maximum atomic E-state index is 11.7. The number of benzene rings is 1. The molecule has 0 unspecified atom stereocenters. The number of halogens is 1. The van der Waals surface area contributed by atoms with Crippen molar-refractivity contribution in [3.8, 4) is 0 Å². The quantitative estimate of drug-likeness (QED) is 0.291. The van der Waals surface area contributed by atoms with E-state index in [9.17, 15) is 14.9 Å². The van der Waals surface area contributed by atoms with Crippen LogP contribution in [0.2, 0.25) is 5.02 Å². The van der Waals surface area contributed by atoms with Crippen LogP contribution in [-0.2, 0) is 16.0 Å². The normalized spacial score (nSPS) is 10.3. The molecule has 0 aliphatic rings. The predicted molar refractivity (Wildman–Crippen MR) is 99.3 cm³/mol. The van der Waals surface area contributed by atoms with Crippen molar-refractivity contribution in [1.29, 1.82) is 0 Å². The monoisotopic (exact) mass is 377 g/mol. The minimum absolute atomic E-state index is 0.0527. The Morgan fingerprint density at radius 1 is 1.19 bits per heavy atom. The lowest BCUT2D eigenvalue weighted by Gasteiger charge is -2.07. The highest BCUT2D eigenvalue weighted by molar-refractivity contribution is 6.30. The molecule has 0 bridgehead atoms. The summed E-state index contributed by atoms with van der Waals surface area (Å²) in [5, 5.41) is 14.3. The number of hydrogen-bond donors (Lipinski definition) is 1. The van der Waals surface area contributed by atoms with E-state index in [-0.39, 0.29) is 11.7 Å². The summed E-state index contributed by atoms with van der Waals surface area (Å²) in [7, 11) is 0. The first-order chi connectivity index (χ1) is 12.5. The molecule has 1 aromatic carbocycles. The maximum Gasteiger partial charge on any atom is 0.305 e. The van der Waals surface area contributed by atoms with Crippen LogP contribution in [0.15, 0.2) is 42.6 Å². The lowest BCUT2D eigenvalue weighted by atomic mass is 10.1. The molecule has 0 radical (unpaired) electrons. The molecule has 0 saturated heterocycles. The molecule has 26 heavy (non-hydrogen) atoms. The highest BCUT2D eigenvalue weighted by Crippen LogP contribution is 2.12. The molecule has 0 aliphatic carbocycles. The van der Waals surface area contributed by atoms with Crippen LogP contribution in [0.25, 0.3) is 0 Å². The molecule has 0 aliphatic heterocycles. The third kappa shape index (κ3) is 7.06. The van der Waals surface area contributed by atoms with Crippen molar-refractivity contribution in [2.24, 2.45) is 0 Å². The first-order valence-electron chi connectivity index (χ1n) is 8.29. The van der Waals surface area contributed by atoms with Crippen molar-refractivity contribution in [3.05, 3.63) is 63.3 Å². The summed E-state index contributed by atoms with van der Waals surface area (Å²) in [5.74, 6) is 0.331. The molecule has 0 spiro atoms. The van der Waals surface area contributed by atoms with E-state index >= 15 is 0 Å². The summed E-state index contributed by atoms with van der Waals surface area (Å²) < 4.78 is 5.18. The average Bonchev–Trinajstić information content (AvgIpc) is 2.63. The van der Waals surface area contributed by atoms with Crippen molar-refractivity contribution in [2.45, 2.75) is 25.7 Å². The van der Waals surface area contributed by atoms with Gasteiger partial charge in [0.05, 0.1) is 11.5 Å². The van der Waals surface area contributed by atoms with Gasteiger partial charge in [0.15, 0.2) is 0 Å². The van der Waals surface area contributed by atoms with E-state index in [1.807, 2.05) is 24.3 Å². The third-order valence-electron chi connectivity index (χ3n) is 3.61. The molecule has 0 atom stereocenters. The SMILES string of the molecule is O=C(CCCc1ccc(Cl)cc1)OCCCNc1ccc([N+](=O)[O-])cn1. The van der Waals surface area contributed by atoms with Crippen LogP contribution in [0.5, 0.6) is 0 Å². The molecule has 0 fully saturated rings. The van der Waals surface area contributed by atoms with Crippen LogP contribution in [0.1, 0.15) is 24.8 Å². The van der Waals surface area contributed by atoms with E-state index in [1.54, 1.807) is 6.07 Å². The Balaban J connectivity index is 1.54. The largest absolute Gasteiger partial charge is 0.466 e.